The van der Waals surface area contributed by atoms with Crippen molar-refractivity contribution >= 4 is 10.1 Å². The molecule has 0 heterocycles. The zero-order valence-electron chi connectivity index (χ0n) is 18.6. The minimum atomic E-state index is -4.30. The van der Waals surface area contributed by atoms with Gasteiger partial charge in [-0.1, -0.05) is 83.3 Å². The topological polar surface area (TPSA) is 83.8 Å². The minimum Gasteiger partial charge on any atom is -0.504 e. The van der Waals surface area contributed by atoms with Gasteiger partial charge in [-0.15, -0.1) is 0 Å². The Labute approximate surface area is 187 Å². The lowest BCUT2D eigenvalue weighted by Crippen LogP contribution is -2.04. The van der Waals surface area contributed by atoms with Gasteiger partial charge in [-0.25, -0.2) is 0 Å². The van der Waals surface area contributed by atoms with Crippen LogP contribution in [0, 0.1) is 0 Å². The molecule has 0 amide bonds. The maximum atomic E-state index is 11.8. The van der Waals surface area contributed by atoms with Crippen molar-refractivity contribution in [2.75, 3.05) is 0 Å². The van der Waals surface area contributed by atoms with Gasteiger partial charge in [-0.3, -0.25) is 4.55 Å². The highest BCUT2D eigenvalue weighted by Crippen LogP contribution is 2.32. The number of hydrogen-bond donors (Lipinski definition) is 2. The fourth-order valence-electron chi connectivity index (χ4n) is 3.72. The van der Waals surface area contributed by atoms with E-state index in [2.05, 4.69) is 6.92 Å². The second-order valence-corrected chi connectivity index (χ2v) is 9.49. The second-order valence-electron chi connectivity index (χ2n) is 8.10. The SMILES string of the molecule is CCCCCCCCCCCCCc1cc(Oc2ccccc2O)ccc1S(=O)(=O)O. The summed E-state index contributed by atoms with van der Waals surface area (Å²) in [5.41, 5.74) is 0.534. The lowest BCUT2D eigenvalue weighted by atomic mass is 10.0. The van der Waals surface area contributed by atoms with Crippen LogP contribution in [0.3, 0.4) is 0 Å². The molecular formula is C25H36O5S. The molecule has 0 aromatic heterocycles. The summed E-state index contributed by atoms with van der Waals surface area (Å²) < 4.78 is 38.8. The molecule has 0 bridgehead atoms. The molecule has 0 saturated carbocycles. The second kappa shape index (κ2) is 13.4. The van der Waals surface area contributed by atoms with Gasteiger partial charge in [0.05, 0.1) is 4.90 Å². The van der Waals surface area contributed by atoms with E-state index in [9.17, 15) is 18.1 Å². The fraction of sp³-hybridized carbons (Fsp3) is 0.520. The van der Waals surface area contributed by atoms with Crippen LogP contribution >= 0.6 is 0 Å². The molecule has 0 radical (unpaired) electrons. The lowest BCUT2D eigenvalue weighted by Gasteiger charge is -2.12. The van der Waals surface area contributed by atoms with E-state index in [1.165, 1.54) is 69.6 Å². The van der Waals surface area contributed by atoms with E-state index < -0.39 is 10.1 Å². The fourth-order valence-corrected chi connectivity index (χ4v) is 4.45. The Hall–Kier alpha value is -2.05. The zero-order valence-corrected chi connectivity index (χ0v) is 19.4. The summed E-state index contributed by atoms with van der Waals surface area (Å²) in [6.07, 6.45) is 13.9. The quantitative estimate of drug-likeness (QED) is 0.221. The van der Waals surface area contributed by atoms with Crippen LogP contribution in [0.5, 0.6) is 17.2 Å². The average Bonchev–Trinajstić information content (AvgIpc) is 2.73. The van der Waals surface area contributed by atoms with Crippen LogP contribution < -0.4 is 4.74 Å². The Balaban J connectivity index is 1.84. The van der Waals surface area contributed by atoms with Crippen LogP contribution in [-0.4, -0.2) is 18.1 Å². The molecule has 0 aliphatic carbocycles. The molecule has 0 aliphatic heterocycles. The molecule has 2 aromatic rings. The third-order valence-corrected chi connectivity index (χ3v) is 6.41. The van der Waals surface area contributed by atoms with Crippen molar-refractivity contribution < 1.29 is 22.8 Å². The van der Waals surface area contributed by atoms with E-state index in [-0.39, 0.29) is 10.6 Å². The molecular weight excluding hydrogens is 412 g/mol. The number of rotatable bonds is 15. The number of benzene rings is 2. The van der Waals surface area contributed by atoms with Crippen LogP contribution in [-0.2, 0) is 16.5 Å². The number of aromatic hydroxyl groups is 1. The molecule has 31 heavy (non-hydrogen) atoms. The largest absolute Gasteiger partial charge is 0.504 e. The van der Waals surface area contributed by atoms with Gasteiger partial charge in [-0.05, 0) is 48.7 Å². The number of para-hydroxylation sites is 2. The molecule has 0 atom stereocenters. The number of phenols is 1. The van der Waals surface area contributed by atoms with Gasteiger partial charge in [0.2, 0.25) is 0 Å². The highest BCUT2D eigenvalue weighted by molar-refractivity contribution is 7.85. The summed E-state index contributed by atoms with van der Waals surface area (Å²) in [5.74, 6) is 0.725. The molecule has 5 nitrogen and oxygen atoms in total. The molecule has 2 rings (SSSR count). The Morgan fingerprint density at radius 1 is 0.806 bits per heavy atom. The third-order valence-electron chi connectivity index (χ3n) is 5.45. The number of unbranched alkanes of at least 4 members (excludes halogenated alkanes) is 10. The van der Waals surface area contributed by atoms with E-state index in [1.807, 2.05) is 0 Å². The molecule has 2 N–H and O–H groups in total. The van der Waals surface area contributed by atoms with Crippen LogP contribution in [0.15, 0.2) is 47.4 Å². The number of ether oxygens (including phenoxy) is 1. The zero-order chi connectivity index (χ0) is 22.5. The summed E-state index contributed by atoms with van der Waals surface area (Å²) in [4.78, 5) is -0.0794. The number of aryl methyl sites for hydroxylation is 1. The van der Waals surface area contributed by atoms with Crippen molar-refractivity contribution in [1.29, 1.82) is 0 Å². The average molecular weight is 449 g/mol. The van der Waals surface area contributed by atoms with E-state index in [0.717, 1.165) is 19.3 Å². The minimum absolute atomic E-state index is 0.00766. The normalized spacial score (nSPS) is 11.5. The number of phenolic OH excluding ortho intramolecular Hbond substituents is 1. The Bertz CT molecular complexity index is 893. The van der Waals surface area contributed by atoms with E-state index in [1.54, 1.807) is 24.3 Å². The van der Waals surface area contributed by atoms with Gasteiger partial charge in [0, 0.05) is 0 Å². The van der Waals surface area contributed by atoms with Gasteiger partial charge in [0.1, 0.15) is 5.75 Å². The van der Waals surface area contributed by atoms with E-state index >= 15 is 0 Å². The van der Waals surface area contributed by atoms with Gasteiger partial charge >= 0.3 is 0 Å². The first kappa shape index (κ1) is 25.2. The molecule has 6 heteroatoms. The summed E-state index contributed by atoms with van der Waals surface area (Å²) in [6, 6.07) is 11.1. The van der Waals surface area contributed by atoms with E-state index in [0.29, 0.717) is 23.5 Å². The first-order chi connectivity index (χ1) is 14.9. The Morgan fingerprint density at radius 3 is 1.97 bits per heavy atom. The van der Waals surface area contributed by atoms with Crippen molar-refractivity contribution in [2.45, 2.75) is 88.9 Å². The number of hydrogen-bond acceptors (Lipinski definition) is 4. The molecule has 0 saturated heterocycles. The van der Waals surface area contributed by atoms with Gasteiger partial charge in [0.15, 0.2) is 11.5 Å². The molecule has 0 unspecified atom stereocenters. The maximum Gasteiger partial charge on any atom is 0.294 e. The van der Waals surface area contributed by atoms with E-state index in [4.69, 9.17) is 4.74 Å². The monoisotopic (exact) mass is 448 g/mol. The molecule has 0 aliphatic rings. The first-order valence-electron chi connectivity index (χ1n) is 11.5. The van der Waals surface area contributed by atoms with Crippen molar-refractivity contribution in [1.82, 2.24) is 0 Å². The summed E-state index contributed by atoms with van der Waals surface area (Å²) in [7, 11) is -4.30. The van der Waals surface area contributed by atoms with Gasteiger partial charge in [-0.2, -0.15) is 8.42 Å². The summed E-state index contributed by atoms with van der Waals surface area (Å²) >= 11 is 0. The smallest absolute Gasteiger partial charge is 0.294 e. The molecule has 172 valence electrons. The van der Waals surface area contributed by atoms with Gasteiger partial charge in [0.25, 0.3) is 10.1 Å². The third kappa shape index (κ3) is 9.32. The summed E-state index contributed by atoms with van der Waals surface area (Å²) in [6.45, 7) is 2.23. The highest BCUT2D eigenvalue weighted by atomic mass is 32.2. The van der Waals surface area contributed by atoms with Crippen molar-refractivity contribution in [2.24, 2.45) is 0 Å². The van der Waals surface area contributed by atoms with Crippen LogP contribution in [0.4, 0.5) is 0 Å². The van der Waals surface area contributed by atoms with Gasteiger partial charge < -0.3 is 9.84 Å². The predicted octanol–water partition coefficient (Wildman–Crippen LogP) is 7.28. The lowest BCUT2D eigenvalue weighted by molar-refractivity contribution is 0.410. The van der Waals surface area contributed by atoms with Crippen molar-refractivity contribution in [3.05, 3.63) is 48.0 Å². The molecule has 2 aromatic carbocycles. The standard InChI is InChI=1S/C25H36O5S/c1-2-3-4-5-6-7-8-9-10-11-12-15-21-20-22(18-19-25(21)31(27,28)29)30-24-17-14-13-16-23(24)26/h13-14,16-20,26H,2-12,15H2,1H3,(H,27,28,29). The van der Waals surface area contributed by atoms with Crippen molar-refractivity contribution in [3.8, 4) is 17.2 Å². The maximum absolute atomic E-state index is 11.8. The highest BCUT2D eigenvalue weighted by Gasteiger charge is 2.16. The van der Waals surface area contributed by atoms with Crippen molar-refractivity contribution in [3.63, 3.8) is 0 Å². The predicted molar refractivity (Wildman–Crippen MR) is 125 cm³/mol. The molecule has 0 fully saturated rings. The Morgan fingerprint density at radius 2 is 1.39 bits per heavy atom. The first-order valence-corrected chi connectivity index (χ1v) is 12.9. The van der Waals surface area contributed by atoms with Crippen LogP contribution in [0.2, 0.25) is 0 Å². The van der Waals surface area contributed by atoms with Crippen LogP contribution in [0.1, 0.15) is 83.1 Å². The molecule has 0 spiro atoms. The Kier molecular flexibility index (Phi) is 10.9. The summed E-state index contributed by atoms with van der Waals surface area (Å²) in [5, 5.41) is 9.88. The van der Waals surface area contributed by atoms with Crippen LogP contribution in [0.25, 0.3) is 0 Å².